The maximum Gasteiger partial charge on any atom is 0.249 e. The summed E-state index contributed by atoms with van der Waals surface area (Å²) in [7, 11) is 0. The molecule has 22 heavy (non-hydrogen) atoms. The third-order valence-electron chi connectivity index (χ3n) is 3.77. The molecule has 0 radical (unpaired) electrons. The highest BCUT2D eigenvalue weighted by atomic mass is 32.1. The number of nitrogen functional groups attached to an aromatic ring is 1. The van der Waals surface area contributed by atoms with Gasteiger partial charge in [-0.3, -0.25) is 9.59 Å². The summed E-state index contributed by atoms with van der Waals surface area (Å²) in [4.78, 5) is 28.3. The SMILES string of the molecule is Cc1ccc(C)c(C(=O)c2sc3[nH]c(=O)cc(C)c3c2N)c1. The monoisotopic (exact) mass is 312 g/mol. The van der Waals surface area contributed by atoms with Gasteiger partial charge in [-0.15, -0.1) is 11.3 Å². The maximum atomic E-state index is 12.8. The molecule has 4 nitrogen and oxygen atoms in total. The molecule has 0 aliphatic carbocycles. The van der Waals surface area contributed by atoms with Crippen molar-refractivity contribution in [1.82, 2.24) is 4.98 Å². The Kier molecular flexibility index (Phi) is 3.37. The van der Waals surface area contributed by atoms with E-state index in [0.717, 1.165) is 22.1 Å². The highest BCUT2D eigenvalue weighted by molar-refractivity contribution is 7.21. The van der Waals surface area contributed by atoms with E-state index in [-0.39, 0.29) is 11.3 Å². The molecule has 3 N–H and O–H groups in total. The number of aryl methyl sites for hydroxylation is 3. The van der Waals surface area contributed by atoms with Gasteiger partial charge in [-0.25, -0.2) is 0 Å². The van der Waals surface area contributed by atoms with Crippen molar-refractivity contribution in [1.29, 1.82) is 0 Å². The average Bonchev–Trinajstić information content (AvgIpc) is 2.77. The minimum Gasteiger partial charge on any atom is -0.397 e. The normalized spacial score (nSPS) is 11.0. The van der Waals surface area contributed by atoms with Gasteiger partial charge in [-0.2, -0.15) is 0 Å². The summed E-state index contributed by atoms with van der Waals surface area (Å²) in [6.07, 6.45) is 0. The van der Waals surface area contributed by atoms with Crippen molar-refractivity contribution in [2.24, 2.45) is 0 Å². The predicted molar refractivity (Wildman–Crippen MR) is 90.9 cm³/mol. The van der Waals surface area contributed by atoms with Crippen molar-refractivity contribution in [2.75, 3.05) is 5.73 Å². The quantitative estimate of drug-likeness (QED) is 0.713. The number of rotatable bonds is 2. The maximum absolute atomic E-state index is 12.8. The van der Waals surface area contributed by atoms with Crippen molar-refractivity contribution >= 4 is 33.0 Å². The Hall–Kier alpha value is -2.40. The number of hydrogen-bond acceptors (Lipinski definition) is 4. The summed E-state index contributed by atoms with van der Waals surface area (Å²) in [6.45, 7) is 5.68. The topological polar surface area (TPSA) is 76.0 Å². The standard InChI is InChI=1S/C17H16N2O2S/c1-8-4-5-9(2)11(6-8)15(21)16-14(18)13-10(3)7-12(20)19-17(13)22-16/h4-7H,18H2,1-3H3,(H,19,20). The molecular weight excluding hydrogens is 296 g/mol. The van der Waals surface area contributed by atoms with Crippen LogP contribution >= 0.6 is 11.3 Å². The summed E-state index contributed by atoms with van der Waals surface area (Å²) < 4.78 is 0. The second-order valence-corrected chi connectivity index (χ2v) is 6.53. The molecule has 112 valence electrons. The van der Waals surface area contributed by atoms with E-state index < -0.39 is 0 Å². The Morgan fingerprint density at radius 1 is 1.14 bits per heavy atom. The number of pyridine rings is 1. The molecule has 0 aliphatic heterocycles. The largest absolute Gasteiger partial charge is 0.397 e. The molecule has 0 bridgehead atoms. The minimum atomic E-state index is -0.183. The lowest BCUT2D eigenvalue weighted by atomic mass is 10.00. The Bertz CT molecular complexity index is 967. The van der Waals surface area contributed by atoms with Gasteiger partial charge >= 0.3 is 0 Å². The van der Waals surface area contributed by atoms with E-state index in [4.69, 9.17) is 5.73 Å². The van der Waals surface area contributed by atoms with Crippen LogP contribution in [0.3, 0.4) is 0 Å². The lowest BCUT2D eigenvalue weighted by Crippen LogP contribution is -2.05. The minimum absolute atomic E-state index is 0.0971. The molecule has 2 aromatic heterocycles. The summed E-state index contributed by atoms with van der Waals surface area (Å²) in [5.74, 6) is -0.0971. The van der Waals surface area contributed by atoms with Crippen LogP contribution in [-0.2, 0) is 0 Å². The molecule has 0 saturated heterocycles. The van der Waals surface area contributed by atoms with Crippen molar-refractivity contribution < 1.29 is 4.79 Å². The Morgan fingerprint density at radius 3 is 2.59 bits per heavy atom. The number of aromatic nitrogens is 1. The predicted octanol–water partition coefficient (Wildman–Crippen LogP) is 3.33. The summed E-state index contributed by atoms with van der Waals surface area (Å²) in [5.41, 5.74) is 9.82. The fourth-order valence-corrected chi connectivity index (χ4v) is 3.76. The van der Waals surface area contributed by atoms with Gasteiger partial charge in [0.1, 0.15) is 9.71 Å². The van der Waals surface area contributed by atoms with E-state index in [1.807, 2.05) is 39.0 Å². The fraction of sp³-hybridized carbons (Fsp3) is 0.176. The first-order valence-corrected chi connectivity index (χ1v) is 7.74. The first-order valence-electron chi connectivity index (χ1n) is 6.92. The Labute approximate surface area is 131 Å². The number of hydrogen-bond donors (Lipinski definition) is 2. The Morgan fingerprint density at radius 2 is 1.86 bits per heavy atom. The number of ketones is 1. The summed E-state index contributed by atoms with van der Waals surface area (Å²) in [5, 5.41) is 0.762. The number of benzene rings is 1. The van der Waals surface area contributed by atoms with Crippen LogP contribution in [0.15, 0.2) is 29.1 Å². The van der Waals surface area contributed by atoms with Gasteiger partial charge < -0.3 is 10.7 Å². The van der Waals surface area contributed by atoms with Crippen molar-refractivity contribution in [2.45, 2.75) is 20.8 Å². The van der Waals surface area contributed by atoms with Gasteiger partial charge in [0.15, 0.2) is 0 Å². The molecule has 0 saturated carbocycles. The highest BCUT2D eigenvalue weighted by Gasteiger charge is 2.21. The summed E-state index contributed by atoms with van der Waals surface area (Å²) in [6, 6.07) is 7.27. The second-order valence-electron chi connectivity index (χ2n) is 5.51. The third kappa shape index (κ3) is 2.23. The lowest BCUT2D eigenvalue weighted by Gasteiger charge is -2.05. The molecule has 0 atom stereocenters. The second kappa shape index (κ2) is 5.10. The Balaban J connectivity index is 2.24. The van der Waals surface area contributed by atoms with Crippen LogP contribution in [0.1, 0.15) is 31.9 Å². The van der Waals surface area contributed by atoms with Gasteiger partial charge in [0.25, 0.3) is 0 Å². The number of thiophene rings is 1. The number of aromatic amines is 1. The van der Waals surface area contributed by atoms with Gasteiger partial charge in [-0.05, 0) is 38.0 Å². The van der Waals surface area contributed by atoms with E-state index >= 15 is 0 Å². The van der Waals surface area contributed by atoms with Crippen molar-refractivity contribution in [3.63, 3.8) is 0 Å². The highest BCUT2D eigenvalue weighted by Crippen LogP contribution is 2.35. The third-order valence-corrected chi connectivity index (χ3v) is 4.89. The molecule has 0 spiro atoms. The van der Waals surface area contributed by atoms with Crippen LogP contribution in [0.4, 0.5) is 5.69 Å². The molecule has 3 rings (SSSR count). The molecule has 0 amide bonds. The zero-order valence-electron chi connectivity index (χ0n) is 12.6. The summed E-state index contributed by atoms with van der Waals surface area (Å²) >= 11 is 1.24. The number of carbonyl (C=O) groups excluding carboxylic acids is 1. The van der Waals surface area contributed by atoms with Gasteiger partial charge in [0.2, 0.25) is 11.3 Å². The van der Waals surface area contributed by atoms with E-state index in [0.29, 0.717) is 21.0 Å². The van der Waals surface area contributed by atoms with Crippen LogP contribution in [0, 0.1) is 20.8 Å². The molecule has 0 unspecified atom stereocenters. The smallest absolute Gasteiger partial charge is 0.249 e. The molecule has 1 aromatic carbocycles. The van der Waals surface area contributed by atoms with Crippen molar-refractivity contribution in [3.8, 4) is 0 Å². The molecule has 5 heteroatoms. The zero-order chi connectivity index (χ0) is 16.0. The van der Waals surface area contributed by atoms with Gasteiger partial charge in [0, 0.05) is 17.0 Å². The number of nitrogens with one attached hydrogen (secondary N) is 1. The molecule has 0 aliphatic rings. The van der Waals surface area contributed by atoms with Crippen LogP contribution in [-0.4, -0.2) is 10.8 Å². The van der Waals surface area contributed by atoms with E-state index in [1.165, 1.54) is 17.4 Å². The van der Waals surface area contributed by atoms with Crippen LogP contribution in [0.5, 0.6) is 0 Å². The molecular formula is C17H16N2O2S. The first kappa shape index (κ1) is 14.5. The van der Waals surface area contributed by atoms with Gasteiger partial charge in [0.05, 0.1) is 5.69 Å². The fourth-order valence-electron chi connectivity index (χ4n) is 2.61. The van der Waals surface area contributed by atoms with E-state index in [1.54, 1.807) is 0 Å². The number of H-pyrrole nitrogens is 1. The number of anilines is 1. The van der Waals surface area contributed by atoms with E-state index in [9.17, 15) is 9.59 Å². The molecule has 2 heterocycles. The molecule has 0 fully saturated rings. The van der Waals surface area contributed by atoms with Crippen LogP contribution in [0.25, 0.3) is 10.2 Å². The lowest BCUT2D eigenvalue weighted by molar-refractivity contribution is 0.104. The van der Waals surface area contributed by atoms with Crippen molar-refractivity contribution in [3.05, 3.63) is 61.8 Å². The number of fused-ring (bicyclic) bond motifs is 1. The average molecular weight is 312 g/mol. The van der Waals surface area contributed by atoms with Gasteiger partial charge in [-0.1, -0.05) is 17.7 Å². The number of nitrogens with two attached hydrogens (primary N) is 1. The first-order chi connectivity index (χ1) is 10.4. The van der Waals surface area contributed by atoms with Crippen LogP contribution < -0.4 is 11.3 Å². The van der Waals surface area contributed by atoms with Crippen LogP contribution in [0.2, 0.25) is 0 Å². The zero-order valence-corrected chi connectivity index (χ0v) is 13.4. The van der Waals surface area contributed by atoms with E-state index in [2.05, 4.69) is 4.98 Å². The number of carbonyl (C=O) groups is 1. The molecule has 3 aromatic rings.